The van der Waals surface area contributed by atoms with Crippen molar-refractivity contribution in [3.63, 3.8) is 0 Å². The average Bonchev–Trinajstić information content (AvgIpc) is 2.74. The number of carbonyl (C=O) groups is 1. The number of sulfonamides is 1. The van der Waals surface area contributed by atoms with Gasteiger partial charge < -0.3 is 10.1 Å². The number of hydrogen-bond acceptors (Lipinski definition) is 4. The first kappa shape index (κ1) is 21.8. The largest absolute Gasteiger partial charge is 0.497 e. The van der Waals surface area contributed by atoms with Crippen LogP contribution in [0.2, 0.25) is 0 Å². The molecule has 2 aromatic carbocycles. The molecule has 1 saturated heterocycles. The predicted molar refractivity (Wildman–Crippen MR) is 115 cm³/mol. The minimum Gasteiger partial charge on any atom is -0.497 e. The number of nitrogens with zero attached hydrogens (tertiary/aromatic N) is 1. The molecular weight excluding hydrogens is 456 g/mol. The third kappa shape index (κ3) is 5.38. The maximum atomic E-state index is 13.1. The van der Waals surface area contributed by atoms with Crippen LogP contribution in [-0.4, -0.2) is 44.9 Å². The number of ether oxygens (including phenoxy) is 1. The Morgan fingerprint density at radius 2 is 1.83 bits per heavy atom. The summed E-state index contributed by atoms with van der Waals surface area (Å²) in [6.45, 7) is 0.808. The molecule has 0 bridgehead atoms. The highest BCUT2D eigenvalue weighted by molar-refractivity contribution is 9.10. The van der Waals surface area contributed by atoms with Gasteiger partial charge in [-0.2, -0.15) is 4.31 Å². The van der Waals surface area contributed by atoms with Gasteiger partial charge in [0.05, 0.1) is 12.0 Å². The van der Waals surface area contributed by atoms with Crippen molar-refractivity contribution in [1.29, 1.82) is 0 Å². The molecule has 1 aliphatic heterocycles. The highest BCUT2D eigenvalue weighted by Crippen LogP contribution is 2.26. The smallest absolute Gasteiger partial charge is 0.243 e. The molecule has 156 valence electrons. The van der Waals surface area contributed by atoms with E-state index in [-0.39, 0.29) is 10.8 Å². The monoisotopic (exact) mass is 480 g/mol. The molecule has 0 aliphatic carbocycles. The maximum Gasteiger partial charge on any atom is 0.243 e. The zero-order chi connectivity index (χ0) is 20.9. The number of nitrogens with one attached hydrogen (secondary N) is 1. The van der Waals surface area contributed by atoms with Crippen LogP contribution in [-0.2, 0) is 21.2 Å². The third-order valence-electron chi connectivity index (χ3n) is 5.05. The van der Waals surface area contributed by atoms with Crippen molar-refractivity contribution in [3.05, 3.63) is 58.6 Å². The Hall–Kier alpha value is -1.90. The molecule has 0 aromatic heterocycles. The third-order valence-corrected chi connectivity index (χ3v) is 7.50. The van der Waals surface area contributed by atoms with Crippen LogP contribution in [0, 0.1) is 0 Å². The van der Waals surface area contributed by atoms with Crippen molar-refractivity contribution in [2.24, 2.45) is 0 Å². The van der Waals surface area contributed by atoms with E-state index in [4.69, 9.17) is 4.74 Å². The zero-order valence-electron chi connectivity index (χ0n) is 16.3. The van der Waals surface area contributed by atoms with Crippen molar-refractivity contribution < 1.29 is 17.9 Å². The van der Waals surface area contributed by atoms with Crippen molar-refractivity contribution in [2.75, 3.05) is 20.2 Å². The second-order valence-electron chi connectivity index (χ2n) is 6.97. The first-order valence-electron chi connectivity index (χ1n) is 9.60. The van der Waals surface area contributed by atoms with E-state index in [1.54, 1.807) is 31.4 Å². The lowest BCUT2D eigenvalue weighted by Gasteiger charge is -2.33. The summed E-state index contributed by atoms with van der Waals surface area (Å²) in [7, 11) is -2.10. The van der Waals surface area contributed by atoms with Gasteiger partial charge in [-0.1, -0.05) is 34.5 Å². The van der Waals surface area contributed by atoms with E-state index in [0.29, 0.717) is 25.9 Å². The molecule has 2 aromatic rings. The lowest BCUT2D eigenvalue weighted by Crippen LogP contribution is -2.52. The Bertz CT molecular complexity index is 930. The molecular formula is C21H25BrN2O4S. The minimum absolute atomic E-state index is 0.207. The minimum atomic E-state index is -3.72. The molecule has 1 heterocycles. The molecule has 8 heteroatoms. The van der Waals surface area contributed by atoms with Gasteiger partial charge in [-0.15, -0.1) is 0 Å². The topological polar surface area (TPSA) is 75.7 Å². The number of rotatable bonds is 7. The molecule has 3 rings (SSSR count). The second kappa shape index (κ2) is 9.73. The van der Waals surface area contributed by atoms with Crippen LogP contribution in [0.15, 0.2) is 57.9 Å². The van der Waals surface area contributed by atoms with E-state index < -0.39 is 16.1 Å². The fourth-order valence-corrected chi connectivity index (χ4v) is 5.36. The van der Waals surface area contributed by atoms with Gasteiger partial charge in [0.25, 0.3) is 0 Å². The summed E-state index contributed by atoms with van der Waals surface area (Å²) in [4.78, 5) is 13.0. The summed E-state index contributed by atoms with van der Waals surface area (Å²) in [5.41, 5.74) is 1.08. The van der Waals surface area contributed by atoms with E-state index in [9.17, 15) is 13.2 Å². The van der Waals surface area contributed by atoms with Crippen molar-refractivity contribution in [1.82, 2.24) is 9.62 Å². The summed E-state index contributed by atoms with van der Waals surface area (Å²) in [5.74, 6) is 0.549. The number of methoxy groups -OCH3 is 1. The van der Waals surface area contributed by atoms with Gasteiger partial charge in [-0.05, 0) is 61.2 Å². The molecule has 1 atom stereocenters. The summed E-state index contributed by atoms with van der Waals surface area (Å²) >= 11 is 3.32. The summed E-state index contributed by atoms with van der Waals surface area (Å²) < 4.78 is 33.5. The molecule has 1 fully saturated rings. The van der Waals surface area contributed by atoms with Crippen molar-refractivity contribution >= 4 is 31.9 Å². The van der Waals surface area contributed by atoms with Crippen LogP contribution in [0.4, 0.5) is 0 Å². The summed E-state index contributed by atoms with van der Waals surface area (Å²) in [6, 6.07) is 13.5. The van der Waals surface area contributed by atoms with E-state index in [1.165, 1.54) is 4.31 Å². The number of hydrogen-bond donors (Lipinski definition) is 1. The van der Waals surface area contributed by atoms with Crippen LogP contribution in [0.3, 0.4) is 0 Å². The second-order valence-corrected chi connectivity index (χ2v) is 9.78. The molecule has 0 radical (unpaired) electrons. The van der Waals surface area contributed by atoms with Gasteiger partial charge in [-0.25, -0.2) is 8.42 Å². The number of carbonyl (C=O) groups excluding carboxylic acids is 1. The van der Waals surface area contributed by atoms with Crippen LogP contribution in [0.25, 0.3) is 0 Å². The normalized spacial score (nSPS) is 17.7. The Labute approximate surface area is 180 Å². The molecule has 0 saturated carbocycles. The lowest BCUT2D eigenvalue weighted by molar-refractivity contribution is -0.125. The highest BCUT2D eigenvalue weighted by Gasteiger charge is 2.37. The lowest BCUT2D eigenvalue weighted by atomic mass is 10.0. The van der Waals surface area contributed by atoms with E-state index in [1.807, 2.05) is 24.3 Å². The zero-order valence-corrected chi connectivity index (χ0v) is 18.7. The number of halogens is 1. The van der Waals surface area contributed by atoms with Gasteiger partial charge in [-0.3, -0.25) is 4.79 Å². The van der Waals surface area contributed by atoms with Gasteiger partial charge in [0.15, 0.2) is 0 Å². The summed E-state index contributed by atoms with van der Waals surface area (Å²) in [6.07, 6.45) is 2.79. The molecule has 6 nitrogen and oxygen atoms in total. The number of amides is 1. The SMILES string of the molecule is COc1ccc(CCNC(=O)[C@@H]2CCCCN2S(=O)(=O)c2ccc(Br)cc2)cc1. The van der Waals surface area contributed by atoms with E-state index >= 15 is 0 Å². The van der Waals surface area contributed by atoms with Gasteiger partial charge >= 0.3 is 0 Å². The van der Waals surface area contributed by atoms with E-state index in [2.05, 4.69) is 21.2 Å². The van der Waals surface area contributed by atoms with Crippen molar-refractivity contribution in [2.45, 2.75) is 36.6 Å². The quantitative estimate of drug-likeness (QED) is 0.658. The van der Waals surface area contributed by atoms with Gasteiger partial charge in [0.1, 0.15) is 11.8 Å². The molecule has 1 N–H and O–H groups in total. The first-order valence-corrected chi connectivity index (χ1v) is 11.8. The van der Waals surface area contributed by atoms with Crippen LogP contribution >= 0.6 is 15.9 Å². The average molecular weight is 481 g/mol. The fraction of sp³-hybridized carbons (Fsp3) is 0.381. The maximum absolute atomic E-state index is 13.1. The van der Waals surface area contributed by atoms with Crippen LogP contribution < -0.4 is 10.1 Å². The molecule has 1 aliphatic rings. The Morgan fingerprint density at radius 3 is 2.48 bits per heavy atom. The highest BCUT2D eigenvalue weighted by atomic mass is 79.9. The van der Waals surface area contributed by atoms with Gasteiger partial charge in [0, 0.05) is 17.6 Å². The van der Waals surface area contributed by atoms with E-state index in [0.717, 1.165) is 28.6 Å². The molecule has 0 unspecified atom stereocenters. The van der Waals surface area contributed by atoms with Gasteiger partial charge in [0.2, 0.25) is 15.9 Å². The summed E-state index contributed by atoms with van der Waals surface area (Å²) in [5, 5.41) is 2.91. The van der Waals surface area contributed by atoms with Crippen molar-refractivity contribution in [3.8, 4) is 5.75 Å². The molecule has 0 spiro atoms. The Morgan fingerprint density at radius 1 is 1.14 bits per heavy atom. The predicted octanol–water partition coefficient (Wildman–Crippen LogP) is 3.36. The Kier molecular flexibility index (Phi) is 7.32. The molecule has 29 heavy (non-hydrogen) atoms. The molecule has 1 amide bonds. The van der Waals surface area contributed by atoms with Crippen LogP contribution in [0.1, 0.15) is 24.8 Å². The number of benzene rings is 2. The van der Waals surface area contributed by atoms with Crippen LogP contribution in [0.5, 0.6) is 5.75 Å². The standard InChI is InChI=1S/C21H25BrN2O4S/c1-28-18-9-5-16(6-10-18)13-14-23-21(25)20-4-2-3-15-24(20)29(26,27)19-11-7-17(22)8-12-19/h5-12,20H,2-4,13-15H2,1H3,(H,23,25)/t20-/m0/s1. The Balaban J connectivity index is 1.65. The number of piperidine rings is 1. The fourth-order valence-electron chi connectivity index (χ4n) is 3.44. The first-order chi connectivity index (χ1) is 13.9.